The van der Waals surface area contributed by atoms with Crippen LogP contribution in [0.2, 0.25) is 10.0 Å². The maximum Gasteiger partial charge on any atom is 0.271 e. The highest BCUT2D eigenvalue weighted by atomic mass is 35.5. The van der Waals surface area contributed by atoms with E-state index in [4.69, 9.17) is 23.2 Å². The van der Waals surface area contributed by atoms with Crippen molar-refractivity contribution in [2.45, 2.75) is 0 Å². The lowest BCUT2D eigenvalue weighted by molar-refractivity contribution is -0.384. The maximum atomic E-state index is 13.2. The van der Waals surface area contributed by atoms with Gasteiger partial charge in [-0.2, -0.15) is 0 Å². The lowest BCUT2D eigenvalue weighted by Crippen LogP contribution is -2.34. The molecule has 32 heavy (non-hydrogen) atoms. The molecule has 3 aromatic rings. The van der Waals surface area contributed by atoms with Crippen LogP contribution in [0.3, 0.4) is 0 Å². The molecule has 2 amide bonds. The highest BCUT2D eigenvalue weighted by Gasteiger charge is 2.23. The number of carbonyl (C=O) groups excluding carboxylic acids is 2. The van der Waals surface area contributed by atoms with Gasteiger partial charge in [-0.15, -0.1) is 0 Å². The fraction of sp³-hybridized carbons (Fsp3) is 0.0909. The number of halogens is 2. The molecular formula is C22H17Cl2N3O5. The Bertz CT molecular complexity index is 1190. The number of nitrogens with zero attached hydrogens (tertiary/aromatic N) is 2. The van der Waals surface area contributed by atoms with Gasteiger partial charge in [0.15, 0.2) is 0 Å². The van der Waals surface area contributed by atoms with E-state index in [0.29, 0.717) is 10.0 Å². The summed E-state index contributed by atoms with van der Waals surface area (Å²) in [6.07, 6.45) is 0. The SMILES string of the molecule is O=C(Nc1cc([N+](=O)[O-])ccc1N(CCO)C(=O)c1cccc(Cl)c1)c1cccc(Cl)c1. The Kier molecular flexibility index (Phi) is 7.42. The summed E-state index contributed by atoms with van der Waals surface area (Å²) in [5.74, 6) is -1.08. The minimum absolute atomic E-state index is 0.0213. The topological polar surface area (TPSA) is 113 Å². The number of benzene rings is 3. The van der Waals surface area contributed by atoms with E-state index in [1.807, 2.05) is 0 Å². The summed E-state index contributed by atoms with van der Waals surface area (Å²) in [7, 11) is 0. The maximum absolute atomic E-state index is 13.2. The molecule has 0 heterocycles. The van der Waals surface area contributed by atoms with Gasteiger partial charge in [0.25, 0.3) is 17.5 Å². The summed E-state index contributed by atoms with van der Waals surface area (Å²) in [4.78, 5) is 37.8. The van der Waals surface area contributed by atoms with Crippen molar-refractivity contribution in [3.8, 4) is 0 Å². The van der Waals surface area contributed by atoms with Crippen LogP contribution in [0.4, 0.5) is 17.1 Å². The van der Waals surface area contributed by atoms with Crippen molar-refractivity contribution >= 4 is 52.1 Å². The molecule has 0 fully saturated rings. The number of nitro benzene ring substituents is 1. The number of carbonyl (C=O) groups is 2. The number of nitrogens with one attached hydrogen (secondary N) is 1. The Morgan fingerprint density at radius 2 is 1.59 bits per heavy atom. The standard InChI is InChI=1S/C22H17Cl2N3O5/c23-16-5-1-3-14(11-16)21(29)25-19-13-18(27(31)32)7-8-20(19)26(9-10-28)22(30)15-4-2-6-17(24)12-15/h1-8,11-13,28H,9-10H2,(H,25,29). The van der Waals surface area contributed by atoms with Crippen LogP contribution in [-0.2, 0) is 0 Å². The molecular weight excluding hydrogens is 457 g/mol. The average molecular weight is 474 g/mol. The van der Waals surface area contributed by atoms with Crippen LogP contribution in [-0.4, -0.2) is 35.0 Å². The number of hydrogen-bond donors (Lipinski definition) is 2. The molecule has 164 valence electrons. The number of nitro groups is 1. The molecule has 0 saturated carbocycles. The van der Waals surface area contributed by atoms with Crippen LogP contribution in [0, 0.1) is 10.1 Å². The van der Waals surface area contributed by atoms with Crippen molar-refractivity contribution in [1.29, 1.82) is 0 Å². The van der Waals surface area contributed by atoms with E-state index in [1.54, 1.807) is 30.3 Å². The van der Waals surface area contributed by atoms with Crippen LogP contribution < -0.4 is 10.2 Å². The zero-order chi connectivity index (χ0) is 23.3. The van der Waals surface area contributed by atoms with Crippen molar-refractivity contribution in [3.05, 3.63) is 98.0 Å². The highest BCUT2D eigenvalue weighted by Crippen LogP contribution is 2.32. The number of amides is 2. The van der Waals surface area contributed by atoms with Crippen LogP contribution in [0.5, 0.6) is 0 Å². The van der Waals surface area contributed by atoms with Crippen molar-refractivity contribution in [2.24, 2.45) is 0 Å². The molecule has 0 aromatic heterocycles. The first-order valence-electron chi connectivity index (χ1n) is 9.34. The average Bonchev–Trinajstić information content (AvgIpc) is 2.77. The van der Waals surface area contributed by atoms with Gasteiger partial charge < -0.3 is 15.3 Å². The number of aliphatic hydroxyl groups excluding tert-OH is 1. The molecule has 0 atom stereocenters. The van der Waals surface area contributed by atoms with E-state index in [0.717, 1.165) is 6.07 Å². The van der Waals surface area contributed by atoms with Crippen LogP contribution in [0.15, 0.2) is 66.7 Å². The van der Waals surface area contributed by atoms with Gasteiger partial charge in [-0.25, -0.2) is 0 Å². The van der Waals surface area contributed by atoms with Crippen molar-refractivity contribution in [1.82, 2.24) is 0 Å². The number of aliphatic hydroxyl groups is 1. The van der Waals surface area contributed by atoms with Crippen LogP contribution in [0.25, 0.3) is 0 Å². The quantitative estimate of drug-likeness (QED) is 0.378. The minimum Gasteiger partial charge on any atom is -0.395 e. The molecule has 8 nitrogen and oxygen atoms in total. The zero-order valence-electron chi connectivity index (χ0n) is 16.5. The van der Waals surface area contributed by atoms with E-state index in [1.165, 1.54) is 35.2 Å². The first-order valence-corrected chi connectivity index (χ1v) is 10.1. The molecule has 0 bridgehead atoms. The van der Waals surface area contributed by atoms with Gasteiger partial charge in [-0.3, -0.25) is 19.7 Å². The van der Waals surface area contributed by atoms with Gasteiger partial charge in [-0.1, -0.05) is 35.3 Å². The minimum atomic E-state index is -0.617. The summed E-state index contributed by atoms with van der Waals surface area (Å²) >= 11 is 11.9. The molecule has 2 N–H and O–H groups in total. The monoisotopic (exact) mass is 473 g/mol. The van der Waals surface area contributed by atoms with E-state index in [-0.39, 0.29) is 41.3 Å². The predicted octanol–water partition coefficient (Wildman–Crippen LogP) is 4.79. The third kappa shape index (κ3) is 5.42. The van der Waals surface area contributed by atoms with E-state index < -0.39 is 16.7 Å². The largest absolute Gasteiger partial charge is 0.395 e. The summed E-state index contributed by atoms with van der Waals surface area (Å²) in [5.41, 5.74) is 0.383. The Balaban J connectivity index is 2.05. The van der Waals surface area contributed by atoms with E-state index in [2.05, 4.69) is 5.32 Å². The van der Waals surface area contributed by atoms with Crippen molar-refractivity contribution in [2.75, 3.05) is 23.4 Å². The Morgan fingerprint density at radius 3 is 2.19 bits per heavy atom. The van der Waals surface area contributed by atoms with Crippen LogP contribution in [0.1, 0.15) is 20.7 Å². The Hall–Kier alpha value is -3.46. The normalized spacial score (nSPS) is 10.5. The number of rotatable bonds is 7. The second-order valence-corrected chi connectivity index (χ2v) is 7.49. The summed E-state index contributed by atoms with van der Waals surface area (Å²) in [6.45, 7) is -0.506. The third-order valence-electron chi connectivity index (χ3n) is 4.46. The smallest absolute Gasteiger partial charge is 0.271 e. The van der Waals surface area contributed by atoms with Gasteiger partial charge in [0.1, 0.15) is 0 Å². The molecule has 3 rings (SSSR count). The first-order chi connectivity index (χ1) is 15.3. The fourth-order valence-corrected chi connectivity index (χ4v) is 3.39. The molecule has 0 spiro atoms. The first kappa shape index (κ1) is 23.2. The van der Waals surface area contributed by atoms with Gasteiger partial charge in [0.05, 0.1) is 22.9 Å². The van der Waals surface area contributed by atoms with Gasteiger partial charge in [0.2, 0.25) is 0 Å². The summed E-state index contributed by atoms with van der Waals surface area (Å²) in [6, 6.07) is 16.1. The third-order valence-corrected chi connectivity index (χ3v) is 4.93. The second-order valence-electron chi connectivity index (χ2n) is 6.61. The molecule has 0 saturated heterocycles. The predicted molar refractivity (Wildman–Crippen MR) is 123 cm³/mol. The zero-order valence-corrected chi connectivity index (χ0v) is 18.0. The highest BCUT2D eigenvalue weighted by molar-refractivity contribution is 6.31. The number of anilines is 2. The van der Waals surface area contributed by atoms with Crippen LogP contribution >= 0.6 is 23.2 Å². The van der Waals surface area contributed by atoms with Gasteiger partial charge >= 0.3 is 0 Å². The van der Waals surface area contributed by atoms with E-state index in [9.17, 15) is 24.8 Å². The summed E-state index contributed by atoms with van der Waals surface area (Å²) < 4.78 is 0. The van der Waals surface area contributed by atoms with Crippen molar-refractivity contribution < 1.29 is 19.6 Å². The van der Waals surface area contributed by atoms with E-state index >= 15 is 0 Å². The lowest BCUT2D eigenvalue weighted by Gasteiger charge is -2.25. The molecule has 0 aliphatic carbocycles. The second kappa shape index (κ2) is 10.2. The fourth-order valence-electron chi connectivity index (χ4n) is 3.01. The summed E-state index contributed by atoms with van der Waals surface area (Å²) in [5, 5.41) is 24.1. The molecule has 10 heteroatoms. The Labute approximate surface area is 193 Å². The Morgan fingerprint density at radius 1 is 0.969 bits per heavy atom. The van der Waals surface area contributed by atoms with Gasteiger partial charge in [0, 0.05) is 39.8 Å². The van der Waals surface area contributed by atoms with Gasteiger partial charge in [-0.05, 0) is 42.5 Å². The molecule has 0 aliphatic heterocycles. The number of hydrogen-bond acceptors (Lipinski definition) is 5. The molecule has 0 unspecified atom stereocenters. The molecule has 3 aromatic carbocycles. The number of non-ortho nitro benzene ring substituents is 1. The lowest BCUT2D eigenvalue weighted by atomic mass is 10.1. The van der Waals surface area contributed by atoms with Crippen molar-refractivity contribution in [3.63, 3.8) is 0 Å². The molecule has 0 radical (unpaired) electrons. The molecule has 0 aliphatic rings.